The van der Waals surface area contributed by atoms with Gasteiger partial charge in [0.15, 0.2) is 0 Å². The van der Waals surface area contributed by atoms with Crippen molar-refractivity contribution >= 4 is 11.3 Å². The summed E-state index contributed by atoms with van der Waals surface area (Å²) in [5.74, 6) is 0.986. The van der Waals surface area contributed by atoms with Gasteiger partial charge in [-0.05, 0) is 45.0 Å². The summed E-state index contributed by atoms with van der Waals surface area (Å²) in [4.78, 5) is 2.73. The predicted octanol–water partition coefficient (Wildman–Crippen LogP) is 4.06. The van der Waals surface area contributed by atoms with E-state index in [0.717, 1.165) is 5.76 Å². The number of nitrogens with one attached hydrogen (secondary N) is 1. The number of furan rings is 1. The second kappa shape index (κ2) is 4.85. The van der Waals surface area contributed by atoms with Crippen molar-refractivity contribution in [3.8, 4) is 0 Å². The van der Waals surface area contributed by atoms with Gasteiger partial charge in [-0.2, -0.15) is 0 Å². The average Bonchev–Trinajstić information content (AvgIpc) is 2.87. The molecule has 2 aromatic heterocycles. The normalized spacial score (nSPS) is 14.9. The summed E-state index contributed by atoms with van der Waals surface area (Å²) in [5, 5.41) is 3.53. The standard InChI is InChI=1S/C13H17NOS/c1-9-6-7-13(16-9)11(3)14-10(2)12-5-4-8-15-12/h4-8,10-11,14H,1-3H3/t10-,11?/m0/s1. The van der Waals surface area contributed by atoms with Gasteiger partial charge in [0.25, 0.3) is 0 Å². The van der Waals surface area contributed by atoms with Crippen LogP contribution in [0.1, 0.15) is 41.4 Å². The molecule has 2 aromatic rings. The maximum Gasteiger partial charge on any atom is 0.120 e. The molecule has 3 heteroatoms. The summed E-state index contributed by atoms with van der Waals surface area (Å²) in [6.45, 7) is 6.44. The lowest BCUT2D eigenvalue weighted by molar-refractivity contribution is 0.405. The lowest BCUT2D eigenvalue weighted by Crippen LogP contribution is -2.21. The van der Waals surface area contributed by atoms with E-state index in [4.69, 9.17) is 4.42 Å². The van der Waals surface area contributed by atoms with Crippen molar-refractivity contribution in [1.82, 2.24) is 5.32 Å². The number of hydrogen-bond acceptors (Lipinski definition) is 3. The van der Waals surface area contributed by atoms with Crippen molar-refractivity contribution in [3.63, 3.8) is 0 Å². The molecular weight excluding hydrogens is 218 g/mol. The van der Waals surface area contributed by atoms with Gasteiger partial charge in [-0.15, -0.1) is 11.3 Å². The first-order valence-corrected chi connectivity index (χ1v) is 6.34. The minimum atomic E-state index is 0.243. The molecule has 0 aliphatic rings. The number of hydrogen-bond donors (Lipinski definition) is 1. The maximum atomic E-state index is 5.38. The first kappa shape index (κ1) is 11.4. The highest BCUT2D eigenvalue weighted by Crippen LogP contribution is 2.25. The molecular formula is C13H17NOS. The quantitative estimate of drug-likeness (QED) is 0.864. The number of aryl methyl sites for hydroxylation is 1. The molecule has 1 N–H and O–H groups in total. The fourth-order valence-corrected chi connectivity index (χ4v) is 2.65. The molecule has 0 fully saturated rings. The Morgan fingerprint density at radius 1 is 1.19 bits per heavy atom. The first-order valence-electron chi connectivity index (χ1n) is 5.52. The Kier molecular flexibility index (Phi) is 3.46. The Balaban J connectivity index is 2.00. The van der Waals surface area contributed by atoms with Crippen molar-refractivity contribution in [2.24, 2.45) is 0 Å². The van der Waals surface area contributed by atoms with Crippen LogP contribution in [0.2, 0.25) is 0 Å². The first-order chi connectivity index (χ1) is 7.66. The summed E-state index contributed by atoms with van der Waals surface area (Å²) < 4.78 is 5.38. The van der Waals surface area contributed by atoms with Crippen LogP contribution >= 0.6 is 11.3 Å². The largest absolute Gasteiger partial charge is 0.468 e. The molecule has 0 saturated heterocycles. The molecule has 0 bridgehead atoms. The monoisotopic (exact) mass is 235 g/mol. The molecule has 0 aromatic carbocycles. The van der Waals surface area contributed by atoms with Gasteiger partial charge in [0.1, 0.15) is 5.76 Å². The number of thiophene rings is 1. The van der Waals surface area contributed by atoms with Crippen LogP contribution in [0.25, 0.3) is 0 Å². The zero-order valence-corrected chi connectivity index (χ0v) is 10.7. The fraction of sp³-hybridized carbons (Fsp3) is 0.385. The molecule has 2 atom stereocenters. The van der Waals surface area contributed by atoms with Crippen molar-refractivity contribution in [1.29, 1.82) is 0 Å². The zero-order valence-electron chi connectivity index (χ0n) is 9.86. The average molecular weight is 235 g/mol. The molecule has 0 amide bonds. The van der Waals surface area contributed by atoms with E-state index in [-0.39, 0.29) is 6.04 Å². The Morgan fingerprint density at radius 2 is 2.00 bits per heavy atom. The Bertz CT molecular complexity index is 432. The van der Waals surface area contributed by atoms with Gasteiger partial charge in [-0.25, -0.2) is 0 Å². The second-order valence-corrected chi connectivity index (χ2v) is 5.39. The molecule has 2 heterocycles. The van der Waals surface area contributed by atoms with Gasteiger partial charge in [0.05, 0.1) is 12.3 Å². The van der Waals surface area contributed by atoms with E-state index in [1.807, 2.05) is 23.5 Å². The minimum absolute atomic E-state index is 0.243. The van der Waals surface area contributed by atoms with E-state index in [0.29, 0.717) is 6.04 Å². The van der Waals surface area contributed by atoms with Gasteiger partial charge >= 0.3 is 0 Å². The van der Waals surface area contributed by atoms with Crippen LogP contribution in [-0.2, 0) is 0 Å². The van der Waals surface area contributed by atoms with E-state index in [1.165, 1.54) is 9.75 Å². The van der Waals surface area contributed by atoms with Crippen LogP contribution in [-0.4, -0.2) is 0 Å². The van der Waals surface area contributed by atoms with Crippen molar-refractivity contribution in [3.05, 3.63) is 46.0 Å². The van der Waals surface area contributed by atoms with Crippen molar-refractivity contribution in [2.75, 3.05) is 0 Å². The predicted molar refractivity (Wildman–Crippen MR) is 67.7 cm³/mol. The molecule has 0 aliphatic heterocycles. The highest BCUT2D eigenvalue weighted by molar-refractivity contribution is 7.12. The smallest absolute Gasteiger partial charge is 0.120 e. The highest BCUT2D eigenvalue weighted by Gasteiger charge is 2.13. The summed E-state index contributed by atoms with van der Waals surface area (Å²) in [6.07, 6.45) is 1.72. The van der Waals surface area contributed by atoms with Crippen LogP contribution in [0, 0.1) is 6.92 Å². The molecule has 0 radical (unpaired) electrons. The van der Waals surface area contributed by atoms with Crippen molar-refractivity contribution < 1.29 is 4.42 Å². The third kappa shape index (κ3) is 2.54. The minimum Gasteiger partial charge on any atom is -0.468 e. The van der Waals surface area contributed by atoms with E-state index in [2.05, 4.69) is 38.2 Å². The molecule has 2 rings (SSSR count). The van der Waals surface area contributed by atoms with Gasteiger partial charge in [-0.1, -0.05) is 0 Å². The lowest BCUT2D eigenvalue weighted by atomic mass is 10.2. The molecule has 0 aliphatic carbocycles. The molecule has 16 heavy (non-hydrogen) atoms. The highest BCUT2D eigenvalue weighted by atomic mass is 32.1. The molecule has 1 unspecified atom stereocenters. The second-order valence-electron chi connectivity index (χ2n) is 4.07. The fourth-order valence-electron chi connectivity index (χ4n) is 1.76. The van der Waals surface area contributed by atoms with Crippen LogP contribution in [0.15, 0.2) is 34.9 Å². The molecule has 2 nitrogen and oxygen atoms in total. The van der Waals surface area contributed by atoms with Crippen LogP contribution in [0.5, 0.6) is 0 Å². The SMILES string of the molecule is Cc1ccc(C(C)N[C@@H](C)c2ccco2)s1. The Hall–Kier alpha value is -1.06. The molecule has 86 valence electrons. The summed E-state index contributed by atoms with van der Waals surface area (Å²) in [7, 11) is 0. The van der Waals surface area contributed by atoms with Crippen LogP contribution < -0.4 is 5.32 Å². The Labute approximate surface area is 100 Å². The number of rotatable bonds is 4. The zero-order chi connectivity index (χ0) is 11.5. The molecule has 0 spiro atoms. The summed E-state index contributed by atoms with van der Waals surface area (Å²) >= 11 is 1.84. The van der Waals surface area contributed by atoms with E-state index in [1.54, 1.807) is 6.26 Å². The lowest BCUT2D eigenvalue weighted by Gasteiger charge is -2.17. The van der Waals surface area contributed by atoms with Crippen LogP contribution in [0.4, 0.5) is 0 Å². The van der Waals surface area contributed by atoms with Gasteiger partial charge in [0, 0.05) is 15.8 Å². The summed E-state index contributed by atoms with van der Waals surface area (Å²) in [5.41, 5.74) is 0. The third-order valence-electron chi connectivity index (χ3n) is 2.66. The van der Waals surface area contributed by atoms with Gasteiger partial charge in [0.2, 0.25) is 0 Å². The Morgan fingerprint density at radius 3 is 2.56 bits per heavy atom. The third-order valence-corrected chi connectivity index (χ3v) is 3.84. The van der Waals surface area contributed by atoms with Crippen molar-refractivity contribution in [2.45, 2.75) is 32.9 Å². The van der Waals surface area contributed by atoms with Crippen LogP contribution in [0.3, 0.4) is 0 Å². The van der Waals surface area contributed by atoms with Gasteiger partial charge < -0.3 is 9.73 Å². The summed E-state index contributed by atoms with van der Waals surface area (Å²) in [6, 6.07) is 8.88. The van der Waals surface area contributed by atoms with E-state index in [9.17, 15) is 0 Å². The van der Waals surface area contributed by atoms with Gasteiger partial charge in [-0.3, -0.25) is 0 Å². The topological polar surface area (TPSA) is 25.2 Å². The maximum absolute atomic E-state index is 5.38. The molecule has 0 saturated carbocycles. The van der Waals surface area contributed by atoms with E-state index < -0.39 is 0 Å². The van der Waals surface area contributed by atoms with E-state index >= 15 is 0 Å².